The van der Waals surface area contributed by atoms with E-state index in [2.05, 4.69) is 5.32 Å². The smallest absolute Gasteiger partial charge is 0.311 e. The van der Waals surface area contributed by atoms with Crippen molar-refractivity contribution in [1.82, 2.24) is 5.32 Å². The summed E-state index contributed by atoms with van der Waals surface area (Å²) in [6, 6.07) is 9.59. The molecule has 4 nitrogen and oxygen atoms in total. The van der Waals surface area contributed by atoms with Crippen molar-refractivity contribution in [2.24, 2.45) is 5.41 Å². The Morgan fingerprint density at radius 3 is 2.14 bits per heavy atom. The summed E-state index contributed by atoms with van der Waals surface area (Å²) in [5.74, 6) is -1.18. The Morgan fingerprint density at radius 1 is 1.14 bits per heavy atom. The highest BCUT2D eigenvalue weighted by Gasteiger charge is 2.35. The number of carboxylic acid groups (broad SMARTS) is 1. The van der Waals surface area contributed by atoms with Gasteiger partial charge in [0.05, 0.1) is 11.3 Å². The van der Waals surface area contributed by atoms with Crippen LogP contribution in [0, 0.1) is 5.41 Å². The first kappa shape index (κ1) is 17.2. The van der Waals surface area contributed by atoms with E-state index in [-0.39, 0.29) is 18.4 Å². The second kappa shape index (κ2) is 7.81. The van der Waals surface area contributed by atoms with E-state index in [4.69, 9.17) is 0 Å². The number of amides is 1. The molecule has 1 aromatic carbocycles. The molecule has 0 radical (unpaired) electrons. The number of carbonyl (C=O) groups is 2. The molecule has 0 fully saturated rings. The van der Waals surface area contributed by atoms with Crippen LogP contribution in [0.5, 0.6) is 0 Å². The van der Waals surface area contributed by atoms with Gasteiger partial charge in [-0.3, -0.25) is 9.59 Å². The largest absolute Gasteiger partial charge is 0.481 e. The molecule has 0 aromatic heterocycles. The van der Waals surface area contributed by atoms with E-state index in [1.165, 1.54) is 0 Å². The van der Waals surface area contributed by atoms with E-state index < -0.39 is 11.4 Å². The zero-order chi connectivity index (χ0) is 15.9. The number of aliphatic carboxylic acids is 1. The van der Waals surface area contributed by atoms with Crippen LogP contribution in [-0.2, 0) is 9.59 Å². The average molecular weight is 291 g/mol. The number of rotatable bonds is 8. The minimum Gasteiger partial charge on any atom is -0.481 e. The van der Waals surface area contributed by atoms with Crippen molar-refractivity contribution in [2.75, 3.05) is 6.54 Å². The summed E-state index contributed by atoms with van der Waals surface area (Å²) in [7, 11) is 0. The molecule has 1 unspecified atom stereocenters. The maximum Gasteiger partial charge on any atom is 0.311 e. The van der Waals surface area contributed by atoms with Gasteiger partial charge >= 0.3 is 5.97 Å². The molecule has 1 amide bonds. The summed E-state index contributed by atoms with van der Waals surface area (Å²) in [5, 5.41) is 12.2. The number of carbonyl (C=O) groups excluding carboxylic acids is 1. The van der Waals surface area contributed by atoms with Crippen LogP contribution in [0.3, 0.4) is 0 Å². The fourth-order valence-corrected chi connectivity index (χ4v) is 2.52. The molecule has 21 heavy (non-hydrogen) atoms. The zero-order valence-corrected chi connectivity index (χ0v) is 13.1. The topological polar surface area (TPSA) is 66.4 Å². The van der Waals surface area contributed by atoms with Gasteiger partial charge in [0.2, 0.25) is 5.91 Å². The van der Waals surface area contributed by atoms with Crippen molar-refractivity contribution < 1.29 is 14.7 Å². The molecule has 2 N–H and O–H groups in total. The first-order chi connectivity index (χ1) is 10.0. The fourth-order valence-electron chi connectivity index (χ4n) is 2.52. The predicted octanol–water partition coefficient (Wildman–Crippen LogP) is 3.19. The zero-order valence-electron chi connectivity index (χ0n) is 13.1. The lowest BCUT2D eigenvalue weighted by Crippen LogP contribution is -2.43. The Balaban J connectivity index is 2.78. The van der Waals surface area contributed by atoms with Crippen LogP contribution in [0.2, 0.25) is 0 Å². The number of benzene rings is 1. The van der Waals surface area contributed by atoms with Crippen LogP contribution in [0.25, 0.3) is 0 Å². The molecule has 0 aliphatic heterocycles. The lowest BCUT2D eigenvalue weighted by molar-refractivity contribution is -0.149. The molecule has 0 heterocycles. The second-order valence-electron chi connectivity index (χ2n) is 5.38. The van der Waals surface area contributed by atoms with Crippen LogP contribution in [0.15, 0.2) is 30.3 Å². The molecule has 116 valence electrons. The van der Waals surface area contributed by atoms with E-state index in [0.717, 1.165) is 5.56 Å². The van der Waals surface area contributed by atoms with Gasteiger partial charge in [0.25, 0.3) is 0 Å². The molecule has 0 saturated carbocycles. The molecule has 1 rings (SSSR count). The molecule has 0 saturated heterocycles. The summed E-state index contributed by atoms with van der Waals surface area (Å²) < 4.78 is 0. The van der Waals surface area contributed by atoms with Crippen LogP contribution in [0.4, 0.5) is 0 Å². The molecule has 0 aliphatic rings. The Hall–Kier alpha value is -1.84. The van der Waals surface area contributed by atoms with E-state index >= 15 is 0 Å². The highest BCUT2D eigenvalue weighted by atomic mass is 16.4. The second-order valence-corrected chi connectivity index (χ2v) is 5.38. The average Bonchev–Trinajstić information content (AvgIpc) is 2.50. The highest BCUT2D eigenvalue weighted by molar-refractivity contribution is 5.84. The minimum absolute atomic E-state index is 0.101. The van der Waals surface area contributed by atoms with Gasteiger partial charge in [-0.25, -0.2) is 0 Å². The van der Waals surface area contributed by atoms with Crippen molar-refractivity contribution in [3.05, 3.63) is 35.9 Å². The molecule has 0 spiro atoms. The lowest BCUT2D eigenvalue weighted by Gasteiger charge is -2.28. The number of hydrogen-bond acceptors (Lipinski definition) is 2. The van der Waals surface area contributed by atoms with E-state index in [9.17, 15) is 14.7 Å². The molecule has 1 aromatic rings. The first-order valence-electron chi connectivity index (χ1n) is 7.56. The van der Waals surface area contributed by atoms with Crippen LogP contribution in [-0.4, -0.2) is 23.5 Å². The molecular formula is C17H25NO3. The highest BCUT2D eigenvalue weighted by Crippen LogP contribution is 2.26. The Morgan fingerprint density at radius 2 is 1.71 bits per heavy atom. The summed E-state index contributed by atoms with van der Waals surface area (Å²) >= 11 is 0. The van der Waals surface area contributed by atoms with Crippen molar-refractivity contribution >= 4 is 11.9 Å². The monoisotopic (exact) mass is 291 g/mol. The van der Waals surface area contributed by atoms with Gasteiger partial charge in [-0.05, 0) is 24.8 Å². The molecule has 4 heteroatoms. The van der Waals surface area contributed by atoms with Gasteiger partial charge in [-0.15, -0.1) is 0 Å². The summed E-state index contributed by atoms with van der Waals surface area (Å²) in [4.78, 5) is 23.8. The third-order valence-electron chi connectivity index (χ3n) is 4.33. The van der Waals surface area contributed by atoms with Gasteiger partial charge < -0.3 is 10.4 Å². The van der Waals surface area contributed by atoms with Gasteiger partial charge in [0.15, 0.2) is 0 Å². The van der Waals surface area contributed by atoms with Crippen LogP contribution < -0.4 is 5.32 Å². The van der Waals surface area contributed by atoms with Gasteiger partial charge in [0, 0.05) is 6.54 Å². The van der Waals surface area contributed by atoms with Crippen LogP contribution >= 0.6 is 0 Å². The molecular weight excluding hydrogens is 266 g/mol. The van der Waals surface area contributed by atoms with Crippen molar-refractivity contribution in [3.8, 4) is 0 Å². The maximum absolute atomic E-state index is 12.4. The standard InChI is InChI=1S/C17H25NO3/c1-4-14(13-10-8-7-9-11-13)15(19)18-12-17(5-2,6-3)16(20)21/h7-11,14H,4-6,12H2,1-3H3,(H,18,19)(H,20,21). The third kappa shape index (κ3) is 4.06. The van der Waals surface area contributed by atoms with E-state index in [1.807, 2.05) is 51.1 Å². The minimum atomic E-state index is -0.870. The Labute approximate surface area is 126 Å². The number of hydrogen-bond donors (Lipinski definition) is 2. The fraction of sp³-hybridized carbons (Fsp3) is 0.529. The van der Waals surface area contributed by atoms with Gasteiger partial charge in [-0.1, -0.05) is 51.1 Å². The quantitative estimate of drug-likeness (QED) is 0.773. The van der Waals surface area contributed by atoms with Crippen molar-refractivity contribution in [1.29, 1.82) is 0 Å². The van der Waals surface area contributed by atoms with E-state index in [1.54, 1.807) is 0 Å². The van der Waals surface area contributed by atoms with E-state index in [0.29, 0.717) is 19.3 Å². The molecule has 0 aliphatic carbocycles. The number of carboxylic acids is 1. The SMILES string of the molecule is CCC(C(=O)NCC(CC)(CC)C(=O)O)c1ccccc1. The Bertz CT molecular complexity index is 466. The van der Waals surface area contributed by atoms with Crippen LogP contribution in [0.1, 0.15) is 51.5 Å². The van der Waals surface area contributed by atoms with Crippen molar-refractivity contribution in [3.63, 3.8) is 0 Å². The number of nitrogens with one attached hydrogen (secondary N) is 1. The van der Waals surface area contributed by atoms with Gasteiger partial charge in [0.1, 0.15) is 0 Å². The van der Waals surface area contributed by atoms with Crippen molar-refractivity contribution in [2.45, 2.75) is 46.0 Å². The normalized spacial score (nSPS) is 12.7. The molecule has 0 bridgehead atoms. The summed E-state index contributed by atoms with van der Waals surface area (Å²) in [5.41, 5.74) is 0.0939. The first-order valence-corrected chi connectivity index (χ1v) is 7.56. The van der Waals surface area contributed by atoms with Gasteiger partial charge in [-0.2, -0.15) is 0 Å². The predicted molar refractivity (Wildman–Crippen MR) is 83.1 cm³/mol. The Kier molecular flexibility index (Phi) is 6.40. The lowest BCUT2D eigenvalue weighted by atomic mass is 9.82. The summed E-state index contributed by atoms with van der Waals surface area (Å²) in [6.45, 7) is 5.83. The summed E-state index contributed by atoms with van der Waals surface area (Å²) in [6.07, 6.45) is 1.69. The molecule has 1 atom stereocenters. The maximum atomic E-state index is 12.4. The third-order valence-corrected chi connectivity index (χ3v) is 4.33.